The van der Waals surface area contributed by atoms with Crippen molar-refractivity contribution >= 4 is 17.7 Å². The molecule has 0 aromatic rings. The second-order valence-electron chi connectivity index (χ2n) is 12.3. The fourth-order valence-corrected chi connectivity index (χ4v) is 6.90. The van der Waals surface area contributed by atoms with Crippen molar-refractivity contribution in [1.29, 1.82) is 0 Å². The molecule has 8 unspecified atom stereocenters. The zero-order valence-corrected chi connectivity index (χ0v) is 23.5. The molecule has 0 spiro atoms. The third kappa shape index (κ3) is 8.21. The van der Waals surface area contributed by atoms with Crippen LogP contribution in [0.3, 0.4) is 0 Å². The number of rotatable bonds is 10. The van der Waals surface area contributed by atoms with Crippen molar-refractivity contribution in [3.05, 3.63) is 0 Å². The Hall–Kier alpha value is -1.59. The molecule has 6 heteroatoms. The highest BCUT2D eigenvalue weighted by Crippen LogP contribution is 2.29. The van der Waals surface area contributed by atoms with E-state index in [0.717, 1.165) is 57.8 Å². The van der Waals surface area contributed by atoms with Crippen LogP contribution in [-0.4, -0.2) is 35.8 Å². The average Bonchev–Trinajstić information content (AvgIpc) is 2.86. The van der Waals surface area contributed by atoms with E-state index in [1.807, 2.05) is 6.92 Å². The van der Waals surface area contributed by atoms with E-state index in [1.54, 1.807) is 0 Å². The summed E-state index contributed by atoms with van der Waals surface area (Å²) in [6.07, 6.45) is 14.9. The summed E-state index contributed by atoms with van der Waals surface area (Å²) in [6.45, 7) is 8.65. The summed E-state index contributed by atoms with van der Waals surface area (Å²) >= 11 is 0. The Bertz CT molecular complexity index is 726. The Labute approximate surface area is 219 Å². The van der Waals surface area contributed by atoms with Gasteiger partial charge in [0.1, 0.15) is 0 Å². The molecule has 0 aliphatic heterocycles. The first-order valence-corrected chi connectivity index (χ1v) is 15.2. The van der Waals surface area contributed by atoms with Gasteiger partial charge in [0.05, 0.1) is 0 Å². The van der Waals surface area contributed by atoms with Crippen LogP contribution in [0, 0.1) is 29.6 Å². The third-order valence-corrected chi connectivity index (χ3v) is 9.62. The first-order valence-electron chi connectivity index (χ1n) is 15.2. The van der Waals surface area contributed by atoms with E-state index in [4.69, 9.17) is 0 Å². The van der Waals surface area contributed by atoms with Crippen molar-refractivity contribution in [3.63, 3.8) is 0 Å². The Morgan fingerprint density at radius 2 is 1.00 bits per heavy atom. The minimum absolute atomic E-state index is 0.00518. The lowest BCUT2D eigenvalue weighted by Crippen LogP contribution is -2.50. The van der Waals surface area contributed by atoms with Gasteiger partial charge in [-0.2, -0.15) is 0 Å². The van der Waals surface area contributed by atoms with Gasteiger partial charge < -0.3 is 16.0 Å². The van der Waals surface area contributed by atoms with E-state index >= 15 is 0 Å². The van der Waals surface area contributed by atoms with Gasteiger partial charge in [-0.1, -0.05) is 66.2 Å². The highest BCUT2D eigenvalue weighted by Gasteiger charge is 2.36. The van der Waals surface area contributed by atoms with Gasteiger partial charge in [0.25, 0.3) is 0 Å². The lowest BCUT2D eigenvalue weighted by Gasteiger charge is -2.34. The predicted octanol–water partition coefficient (Wildman–Crippen LogP) is 5.49. The van der Waals surface area contributed by atoms with Crippen molar-refractivity contribution < 1.29 is 14.4 Å². The van der Waals surface area contributed by atoms with Crippen LogP contribution in [0.5, 0.6) is 0 Å². The highest BCUT2D eigenvalue weighted by molar-refractivity contribution is 5.88. The molecule has 3 saturated carbocycles. The maximum absolute atomic E-state index is 13.7. The fourth-order valence-electron chi connectivity index (χ4n) is 6.90. The summed E-state index contributed by atoms with van der Waals surface area (Å²) in [5.41, 5.74) is 0. The molecule has 6 nitrogen and oxygen atoms in total. The third-order valence-electron chi connectivity index (χ3n) is 9.62. The lowest BCUT2D eigenvalue weighted by atomic mass is 9.81. The summed E-state index contributed by atoms with van der Waals surface area (Å²) < 4.78 is 0. The van der Waals surface area contributed by atoms with Gasteiger partial charge in [-0.05, 0) is 69.1 Å². The molecular formula is C30H53N3O3. The minimum Gasteiger partial charge on any atom is -0.353 e. The van der Waals surface area contributed by atoms with Gasteiger partial charge in [0.2, 0.25) is 17.7 Å². The first kappa shape index (κ1) is 29.0. The van der Waals surface area contributed by atoms with Crippen molar-refractivity contribution in [2.45, 2.75) is 142 Å². The number of carbonyl (C=O) groups is 3. The molecule has 3 aliphatic carbocycles. The summed E-state index contributed by atoms with van der Waals surface area (Å²) in [4.78, 5) is 40.1. The first-order chi connectivity index (χ1) is 17.3. The van der Waals surface area contributed by atoms with Crippen molar-refractivity contribution in [3.8, 4) is 0 Å². The van der Waals surface area contributed by atoms with Crippen LogP contribution >= 0.6 is 0 Å². The normalized spacial score (nSPS) is 32.7. The maximum Gasteiger partial charge on any atom is 0.224 e. The molecule has 3 amide bonds. The molecule has 3 N–H and O–H groups in total. The Balaban J connectivity index is 1.66. The van der Waals surface area contributed by atoms with Gasteiger partial charge in [-0.3, -0.25) is 14.4 Å². The largest absolute Gasteiger partial charge is 0.353 e. The summed E-state index contributed by atoms with van der Waals surface area (Å²) in [5.74, 6) is 0.530. The molecule has 3 fully saturated rings. The van der Waals surface area contributed by atoms with Gasteiger partial charge in [-0.15, -0.1) is 0 Å². The van der Waals surface area contributed by atoms with E-state index in [1.165, 1.54) is 19.3 Å². The van der Waals surface area contributed by atoms with Crippen LogP contribution in [0.25, 0.3) is 0 Å². The monoisotopic (exact) mass is 503 g/mol. The van der Waals surface area contributed by atoms with Crippen LogP contribution < -0.4 is 16.0 Å². The zero-order chi connectivity index (χ0) is 26.1. The van der Waals surface area contributed by atoms with Crippen LogP contribution in [0.1, 0.15) is 124 Å². The van der Waals surface area contributed by atoms with Crippen LogP contribution in [0.2, 0.25) is 0 Å². The lowest BCUT2D eigenvalue weighted by molar-refractivity contribution is -0.137. The highest BCUT2D eigenvalue weighted by atomic mass is 16.2. The minimum atomic E-state index is -0.474. The molecule has 0 aromatic carbocycles. The molecular weight excluding hydrogens is 450 g/mol. The molecule has 0 aromatic heterocycles. The second kappa shape index (κ2) is 14.4. The van der Waals surface area contributed by atoms with Gasteiger partial charge in [0.15, 0.2) is 0 Å². The number of amides is 3. The molecule has 36 heavy (non-hydrogen) atoms. The van der Waals surface area contributed by atoms with Crippen LogP contribution in [0.4, 0.5) is 0 Å². The van der Waals surface area contributed by atoms with E-state index in [9.17, 15) is 14.4 Å². The van der Waals surface area contributed by atoms with Gasteiger partial charge in [0, 0.05) is 36.4 Å². The van der Waals surface area contributed by atoms with Crippen LogP contribution in [-0.2, 0) is 14.4 Å². The molecule has 0 bridgehead atoms. The van der Waals surface area contributed by atoms with E-state index < -0.39 is 11.8 Å². The molecule has 0 saturated heterocycles. The smallest absolute Gasteiger partial charge is 0.224 e. The molecule has 206 valence electrons. The second-order valence-corrected chi connectivity index (χ2v) is 12.3. The standard InChI is InChI=1S/C30H53N3O3/c1-5-23(29(35)32-26-16-10-7-13-21(26)3)24(30(36)33-27-17-11-8-14-22(27)4)18-19-28(34)31-25-15-9-6-12-20(25)2/h20-27H,5-19H2,1-4H3,(H,31,34)(H,32,35)(H,33,36). The molecule has 0 radical (unpaired) electrons. The molecule has 3 aliphatic rings. The number of carbonyl (C=O) groups excluding carboxylic acids is 3. The topological polar surface area (TPSA) is 87.3 Å². The Morgan fingerprint density at radius 1 is 0.611 bits per heavy atom. The van der Waals surface area contributed by atoms with Gasteiger partial charge >= 0.3 is 0 Å². The molecule has 0 heterocycles. The molecule has 8 atom stereocenters. The number of hydrogen-bond acceptors (Lipinski definition) is 3. The maximum atomic E-state index is 13.7. The summed E-state index contributed by atoms with van der Waals surface area (Å²) in [6, 6.07) is 0.600. The SMILES string of the molecule is CCC(C(=O)NC1CCCCC1C)C(CCC(=O)NC1CCCCC1C)C(=O)NC1CCCCC1C. The fraction of sp³-hybridized carbons (Fsp3) is 0.900. The summed E-state index contributed by atoms with van der Waals surface area (Å²) in [5, 5.41) is 9.86. The van der Waals surface area contributed by atoms with E-state index in [-0.39, 0.29) is 35.8 Å². The summed E-state index contributed by atoms with van der Waals surface area (Å²) in [7, 11) is 0. The van der Waals surface area contributed by atoms with E-state index in [0.29, 0.717) is 37.0 Å². The Kier molecular flexibility index (Phi) is 11.6. The Morgan fingerprint density at radius 3 is 1.42 bits per heavy atom. The number of nitrogens with one attached hydrogen (secondary N) is 3. The average molecular weight is 504 g/mol. The number of hydrogen-bond donors (Lipinski definition) is 3. The molecule has 3 rings (SSSR count). The van der Waals surface area contributed by atoms with Crippen molar-refractivity contribution in [2.24, 2.45) is 29.6 Å². The quantitative estimate of drug-likeness (QED) is 0.368. The van der Waals surface area contributed by atoms with Crippen molar-refractivity contribution in [1.82, 2.24) is 16.0 Å². The predicted molar refractivity (Wildman–Crippen MR) is 145 cm³/mol. The van der Waals surface area contributed by atoms with Crippen LogP contribution in [0.15, 0.2) is 0 Å². The van der Waals surface area contributed by atoms with Gasteiger partial charge in [-0.25, -0.2) is 0 Å². The zero-order valence-electron chi connectivity index (χ0n) is 23.5. The van der Waals surface area contributed by atoms with E-state index in [2.05, 4.69) is 36.7 Å². The van der Waals surface area contributed by atoms with Crippen molar-refractivity contribution in [2.75, 3.05) is 0 Å².